The maximum atomic E-state index is 12.2. The SMILES string of the molecule is CCC(CSC)NC(=O)c1cc(OC)ccc1Br. The zero-order valence-corrected chi connectivity index (χ0v) is 13.2. The lowest BCUT2D eigenvalue weighted by Crippen LogP contribution is -2.36. The van der Waals surface area contributed by atoms with Crippen LogP contribution in [-0.4, -0.2) is 31.1 Å². The summed E-state index contributed by atoms with van der Waals surface area (Å²) in [5.41, 5.74) is 0.605. The number of rotatable bonds is 6. The van der Waals surface area contributed by atoms with Crippen molar-refractivity contribution in [2.45, 2.75) is 19.4 Å². The van der Waals surface area contributed by atoms with Crippen molar-refractivity contribution in [3.8, 4) is 5.75 Å². The van der Waals surface area contributed by atoms with Crippen molar-refractivity contribution in [1.29, 1.82) is 0 Å². The molecule has 100 valence electrons. The van der Waals surface area contributed by atoms with Gasteiger partial charge in [0, 0.05) is 16.3 Å². The quantitative estimate of drug-likeness (QED) is 0.868. The molecule has 0 saturated carbocycles. The Bertz CT molecular complexity index is 412. The van der Waals surface area contributed by atoms with E-state index in [1.54, 1.807) is 24.9 Å². The molecule has 1 aromatic carbocycles. The lowest BCUT2D eigenvalue weighted by molar-refractivity contribution is 0.0939. The Kier molecular flexibility index (Phi) is 6.57. The van der Waals surface area contributed by atoms with Crippen LogP contribution in [-0.2, 0) is 0 Å². The molecule has 1 atom stereocenters. The van der Waals surface area contributed by atoms with Crippen LogP contribution in [0.25, 0.3) is 0 Å². The third kappa shape index (κ3) is 4.21. The first kappa shape index (κ1) is 15.4. The Labute approximate surface area is 121 Å². The molecule has 0 saturated heterocycles. The van der Waals surface area contributed by atoms with Gasteiger partial charge in [-0.25, -0.2) is 0 Å². The summed E-state index contributed by atoms with van der Waals surface area (Å²) >= 11 is 5.12. The van der Waals surface area contributed by atoms with Gasteiger partial charge in [0.25, 0.3) is 5.91 Å². The van der Waals surface area contributed by atoms with Crippen molar-refractivity contribution in [2.75, 3.05) is 19.1 Å². The number of nitrogens with one attached hydrogen (secondary N) is 1. The van der Waals surface area contributed by atoms with Crippen molar-refractivity contribution in [1.82, 2.24) is 5.32 Å². The Balaban J connectivity index is 2.82. The number of halogens is 1. The largest absolute Gasteiger partial charge is 0.497 e. The van der Waals surface area contributed by atoms with Gasteiger partial charge in [-0.05, 0) is 46.8 Å². The van der Waals surface area contributed by atoms with E-state index in [1.807, 2.05) is 18.4 Å². The predicted molar refractivity (Wildman–Crippen MR) is 80.6 cm³/mol. The zero-order chi connectivity index (χ0) is 13.5. The Morgan fingerprint density at radius 3 is 2.83 bits per heavy atom. The van der Waals surface area contributed by atoms with E-state index >= 15 is 0 Å². The van der Waals surface area contributed by atoms with Crippen LogP contribution in [0.3, 0.4) is 0 Å². The van der Waals surface area contributed by atoms with Gasteiger partial charge in [0.1, 0.15) is 5.75 Å². The molecule has 0 spiro atoms. The zero-order valence-electron chi connectivity index (χ0n) is 10.8. The van der Waals surface area contributed by atoms with Gasteiger partial charge in [-0.2, -0.15) is 11.8 Å². The predicted octanol–water partition coefficient (Wildman–Crippen LogP) is 3.33. The van der Waals surface area contributed by atoms with Crippen LogP contribution in [0.5, 0.6) is 5.75 Å². The summed E-state index contributed by atoms with van der Waals surface area (Å²) in [5, 5.41) is 3.03. The Morgan fingerprint density at radius 2 is 2.28 bits per heavy atom. The minimum absolute atomic E-state index is 0.0679. The van der Waals surface area contributed by atoms with Crippen molar-refractivity contribution < 1.29 is 9.53 Å². The smallest absolute Gasteiger partial charge is 0.252 e. The average molecular weight is 332 g/mol. The van der Waals surface area contributed by atoms with Gasteiger partial charge in [0.15, 0.2) is 0 Å². The number of hydrogen-bond donors (Lipinski definition) is 1. The lowest BCUT2D eigenvalue weighted by atomic mass is 10.1. The molecule has 1 aromatic rings. The number of ether oxygens (including phenoxy) is 1. The molecule has 0 heterocycles. The highest BCUT2D eigenvalue weighted by molar-refractivity contribution is 9.10. The summed E-state index contributed by atoms with van der Waals surface area (Å²) in [7, 11) is 1.59. The molecular formula is C13H18BrNO2S. The topological polar surface area (TPSA) is 38.3 Å². The number of hydrogen-bond acceptors (Lipinski definition) is 3. The lowest BCUT2D eigenvalue weighted by Gasteiger charge is -2.16. The van der Waals surface area contributed by atoms with E-state index in [-0.39, 0.29) is 11.9 Å². The van der Waals surface area contributed by atoms with E-state index in [1.165, 1.54) is 0 Å². The molecular weight excluding hydrogens is 314 g/mol. The number of carbonyl (C=O) groups is 1. The second-order valence-corrected chi connectivity index (χ2v) is 5.64. The van der Waals surface area contributed by atoms with E-state index in [0.29, 0.717) is 11.3 Å². The highest BCUT2D eigenvalue weighted by Gasteiger charge is 2.15. The number of benzene rings is 1. The summed E-state index contributed by atoms with van der Waals surface area (Å²) < 4.78 is 5.91. The fourth-order valence-electron chi connectivity index (χ4n) is 1.53. The molecule has 5 heteroatoms. The first-order valence-electron chi connectivity index (χ1n) is 5.75. The van der Waals surface area contributed by atoms with Gasteiger partial charge in [-0.3, -0.25) is 4.79 Å². The van der Waals surface area contributed by atoms with Crippen LogP contribution in [0.2, 0.25) is 0 Å². The number of carbonyl (C=O) groups excluding carboxylic acids is 1. The molecule has 3 nitrogen and oxygen atoms in total. The van der Waals surface area contributed by atoms with Gasteiger partial charge in [-0.15, -0.1) is 0 Å². The maximum Gasteiger partial charge on any atom is 0.252 e. The van der Waals surface area contributed by atoms with Crippen LogP contribution in [0.15, 0.2) is 22.7 Å². The molecule has 1 rings (SSSR count). The molecule has 1 N–H and O–H groups in total. The molecule has 1 amide bonds. The molecule has 0 bridgehead atoms. The van der Waals surface area contributed by atoms with E-state index in [2.05, 4.69) is 28.2 Å². The van der Waals surface area contributed by atoms with Crippen molar-refractivity contribution >= 4 is 33.6 Å². The minimum Gasteiger partial charge on any atom is -0.497 e. The fraction of sp³-hybridized carbons (Fsp3) is 0.462. The van der Waals surface area contributed by atoms with E-state index < -0.39 is 0 Å². The van der Waals surface area contributed by atoms with Crippen molar-refractivity contribution in [3.63, 3.8) is 0 Å². The molecule has 1 unspecified atom stereocenters. The molecule has 0 fully saturated rings. The highest BCUT2D eigenvalue weighted by Crippen LogP contribution is 2.22. The van der Waals surface area contributed by atoms with Crippen LogP contribution >= 0.6 is 27.7 Å². The molecule has 18 heavy (non-hydrogen) atoms. The van der Waals surface area contributed by atoms with Crippen molar-refractivity contribution in [3.05, 3.63) is 28.2 Å². The van der Waals surface area contributed by atoms with Crippen LogP contribution in [0.4, 0.5) is 0 Å². The number of amides is 1. The summed E-state index contributed by atoms with van der Waals surface area (Å²) in [5.74, 6) is 1.53. The van der Waals surface area contributed by atoms with Gasteiger partial charge in [-0.1, -0.05) is 6.92 Å². The summed E-state index contributed by atoms with van der Waals surface area (Å²) in [6.07, 6.45) is 2.96. The molecule has 0 aliphatic rings. The molecule has 0 aliphatic carbocycles. The third-order valence-electron chi connectivity index (χ3n) is 2.61. The molecule has 0 radical (unpaired) electrons. The first-order valence-corrected chi connectivity index (χ1v) is 7.94. The highest BCUT2D eigenvalue weighted by atomic mass is 79.9. The number of methoxy groups -OCH3 is 1. The van der Waals surface area contributed by atoms with Crippen LogP contribution < -0.4 is 10.1 Å². The monoisotopic (exact) mass is 331 g/mol. The summed E-state index contributed by atoms with van der Waals surface area (Å²) in [6.45, 7) is 2.07. The average Bonchev–Trinajstić information content (AvgIpc) is 2.38. The number of thioether (sulfide) groups is 1. The van der Waals surface area contributed by atoms with E-state index in [0.717, 1.165) is 16.6 Å². The van der Waals surface area contributed by atoms with Crippen LogP contribution in [0, 0.1) is 0 Å². The molecule has 0 aromatic heterocycles. The Hall–Kier alpha value is -0.680. The van der Waals surface area contributed by atoms with Crippen molar-refractivity contribution in [2.24, 2.45) is 0 Å². The maximum absolute atomic E-state index is 12.2. The Morgan fingerprint density at radius 1 is 1.56 bits per heavy atom. The second-order valence-electron chi connectivity index (χ2n) is 3.88. The molecule has 0 aliphatic heterocycles. The van der Waals surface area contributed by atoms with Gasteiger partial charge in [0.05, 0.1) is 12.7 Å². The summed E-state index contributed by atoms with van der Waals surface area (Å²) in [6, 6.07) is 5.58. The second kappa shape index (κ2) is 7.69. The summed E-state index contributed by atoms with van der Waals surface area (Å²) in [4.78, 5) is 12.2. The van der Waals surface area contributed by atoms with Gasteiger partial charge >= 0.3 is 0 Å². The third-order valence-corrected chi connectivity index (χ3v) is 4.04. The minimum atomic E-state index is -0.0679. The van der Waals surface area contributed by atoms with E-state index in [9.17, 15) is 4.79 Å². The fourth-order valence-corrected chi connectivity index (χ4v) is 2.68. The standard InChI is InChI=1S/C13H18BrNO2S/c1-4-9(8-18-3)15-13(16)11-7-10(17-2)5-6-12(11)14/h5-7,9H,4,8H2,1-3H3,(H,15,16). The van der Waals surface area contributed by atoms with Crippen LogP contribution in [0.1, 0.15) is 23.7 Å². The normalized spacial score (nSPS) is 12.0. The van der Waals surface area contributed by atoms with E-state index in [4.69, 9.17) is 4.74 Å². The van der Waals surface area contributed by atoms with Gasteiger partial charge in [0.2, 0.25) is 0 Å². The van der Waals surface area contributed by atoms with Gasteiger partial charge < -0.3 is 10.1 Å². The first-order chi connectivity index (χ1) is 8.62.